The second-order valence-corrected chi connectivity index (χ2v) is 6.74. The van der Waals surface area contributed by atoms with Crippen LogP contribution in [0.4, 0.5) is 0 Å². The molecule has 3 rings (SSSR count). The maximum absolute atomic E-state index is 12.9. The molecule has 4 nitrogen and oxygen atoms in total. The van der Waals surface area contributed by atoms with Crippen LogP contribution in [0.1, 0.15) is 52.5 Å². The molecule has 1 aliphatic rings. The molecular formula is C18H22ClN3O. The number of hydrogen-bond acceptors (Lipinski definition) is 2. The van der Waals surface area contributed by atoms with E-state index >= 15 is 0 Å². The number of H-pyrrole nitrogens is 1. The van der Waals surface area contributed by atoms with Gasteiger partial charge in [0, 0.05) is 29.7 Å². The number of hydrogen-bond donors (Lipinski definition) is 1. The molecule has 1 saturated heterocycles. The third kappa shape index (κ3) is 3.42. The third-order valence-corrected chi connectivity index (χ3v) is 4.89. The first-order valence-corrected chi connectivity index (χ1v) is 8.50. The van der Waals surface area contributed by atoms with Gasteiger partial charge in [-0.2, -0.15) is 5.10 Å². The fourth-order valence-corrected chi connectivity index (χ4v) is 3.48. The molecule has 1 aliphatic heterocycles. The molecule has 2 heterocycles. The summed E-state index contributed by atoms with van der Waals surface area (Å²) < 4.78 is 0. The van der Waals surface area contributed by atoms with Gasteiger partial charge in [0.15, 0.2) is 0 Å². The Morgan fingerprint density at radius 3 is 2.65 bits per heavy atom. The number of benzene rings is 1. The van der Waals surface area contributed by atoms with E-state index in [-0.39, 0.29) is 5.91 Å². The molecule has 0 radical (unpaired) electrons. The molecule has 1 N–H and O–H groups in total. The number of carbonyl (C=O) groups is 1. The van der Waals surface area contributed by atoms with Gasteiger partial charge in [-0.1, -0.05) is 30.2 Å². The van der Waals surface area contributed by atoms with Crippen molar-refractivity contribution in [2.45, 2.75) is 39.0 Å². The average Bonchev–Trinajstić information content (AvgIpc) is 2.76. The van der Waals surface area contributed by atoms with Crippen LogP contribution < -0.4 is 0 Å². The van der Waals surface area contributed by atoms with Crippen LogP contribution in [0.5, 0.6) is 0 Å². The normalized spacial score (nSPS) is 18.7. The Balaban J connectivity index is 1.82. The maximum Gasteiger partial charge on any atom is 0.257 e. The Bertz CT molecular complexity index is 673. The summed E-state index contributed by atoms with van der Waals surface area (Å²) in [5.74, 6) is 0.459. The van der Waals surface area contributed by atoms with Crippen molar-refractivity contribution in [2.24, 2.45) is 0 Å². The van der Waals surface area contributed by atoms with E-state index in [4.69, 9.17) is 11.6 Å². The number of rotatable bonds is 2. The van der Waals surface area contributed by atoms with Crippen molar-refractivity contribution in [1.82, 2.24) is 15.1 Å². The predicted octanol–water partition coefficient (Wildman–Crippen LogP) is 4.09. The van der Waals surface area contributed by atoms with Crippen LogP contribution in [-0.2, 0) is 0 Å². The second kappa shape index (κ2) is 6.75. The predicted molar refractivity (Wildman–Crippen MR) is 92.0 cm³/mol. The van der Waals surface area contributed by atoms with E-state index in [1.807, 2.05) is 30.9 Å². The van der Waals surface area contributed by atoms with Crippen LogP contribution >= 0.6 is 11.6 Å². The van der Waals surface area contributed by atoms with Gasteiger partial charge >= 0.3 is 0 Å². The number of nitrogens with one attached hydrogen (secondary N) is 1. The molecule has 23 heavy (non-hydrogen) atoms. The molecule has 1 atom stereocenters. The Morgan fingerprint density at radius 2 is 2.00 bits per heavy atom. The Labute approximate surface area is 141 Å². The topological polar surface area (TPSA) is 49.0 Å². The zero-order valence-electron chi connectivity index (χ0n) is 13.6. The fraction of sp³-hybridized carbons (Fsp3) is 0.444. The summed E-state index contributed by atoms with van der Waals surface area (Å²) in [4.78, 5) is 14.9. The monoisotopic (exact) mass is 331 g/mol. The van der Waals surface area contributed by atoms with E-state index in [1.165, 1.54) is 5.56 Å². The van der Waals surface area contributed by atoms with Crippen LogP contribution in [-0.4, -0.2) is 34.1 Å². The van der Waals surface area contributed by atoms with Gasteiger partial charge in [0.25, 0.3) is 5.91 Å². The number of carbonyl (C=O) groups excluding carboxylic acids is 1. The van der Waals surface area contributed by atoms with Crippen molar-refractivity contribution in [1.29, 1.82) is 0 Å². The van der Waals surface area contributed by atoms with E-state index in [0.29, 0.717) is 5.92 Å². The number of likely N-dealkylation sites (tertiary alicyclic amines) is 1. The molecule has 0 spiro atoms. The van der Waals surface area contributed by atoms with Gasteiger partial charge in [0.1, 0.15) is 0 Å². The van der Waals surface area contributed by atoms with Gasteiger partial charge in [0.2, 0.25) is 0 Å². The molecule has 0 saturated carbocycles. The SMILES string of the molecule is Cc1n[nH]c(C)c1C(=O)N1CCCC[C@@H](c2ccc(Cl)cc2)C1. The fourth-order valence-electron chi connectivity index (χ4n) is 3.36. The van der Waals surface area contributed by atoms with Crippen LogP contribution in [0, 0.1) is 13.8 Å². The standard InChI is InChI=1S/C18H22ClN3O/c1-12-17(13(2)21-20-12)18(23)22-10-4-3-5-15(11-22)14-6-8-16(19)9-7-14/h6-9,15H,3-5,10-11H2,1-2H3,(H,20,21)/t15-/m1/s1. The summed E-state index contributed by atoms with van der Waals surface area (Å²) in [5.41, 5.74) is 3.61. The highest BCUT2D eigenvalue weighted by Crippen LogP contribution is 2.28. The van der Waals surface area contributed by atoms with E-state index in [9.17, 15) is 4.79 Å². The molecule has 1 aromatic heterocycles. The molecule has 1 amide bonds. The van der Waals surface area contributed by atoms with Crippen molar-refractivity contribution in [3.05, 3.63) is 51.8 Å². The summed E-state index contributed by atoms with van der Waals surface area (Å²) in [7, 11) is 0. The van der Waals surface area contributed by atoms with Gasteiger partial charge < -0.3 is 4.90 Å². The molecule has 0 bridgehead atoms. The highest BCUT2D eigenvalue weighted by molar-refractivity contribution is 6.30. The first kappa shape index (κ1) is 16.1. The molecule has 5 heteroatoms. The average molecular weight is 332 g/mol. The lowest BCUT2D eigenvalue weighted by Crippen LogP contribution is -2.34. The lowest BCUT2D eigenvalue weighted by molar-refractivity contribution is 0.0753. The Hall–Kier alpha value is -1.81. The molecule has 1 aromatic carbocycles. The highest BCUT2D eigenvalue weighted by Gasteiger charge is 2.26. The smallest absolute Gasteiger partial charge is 0.257 e. The number of aryl methyl sites for hydroxylation is 2. The number of amides is 1. The van der Waals surface area contributed by atoms with Gasteiger partial charge in [-0.15, -0.1) is 0 Å². The van der Waals surface area contributed by atoms with Crippen molar-refractivity contribution >= 4 is 17.5 Å². The van der Waals surface area contributed by atoms with E-state index in [2.05, 4.69) is 22.3 Å². The van der Waals surface area contributed by atoms with Crippen LogP contribution in [0.25, 0.3) is 0 Å². The summed E-state index contributed by atoms with van der Waals surface area (Å²) >= 11 is 5.99. The lowest BCUT2D eigenvalue weighted by atomic mass is 9.94. The highest BCUT2D eigenvalue weighted by atomic mass is 35.5. The Kier molecular flexibility index (Phi) is 4.71. The zero-order valence-corrected chi connectivity index (χ0v) is 14.4. The lowest BCUT2D eigenvalue weighted by Gasteiger charge is -2.25. The van der Waals surface area contributed by atoms with Crippen molar-refractivity contribution in [3.8, 4) is 0 Å². The minimum atomic E-state index is 0.0922. The van der Waals surface area contributed by atoms with Gasteiger partial charge in [-0.05, 0) is 44.4 Å². The molecule has 0 aliphatic carbocycles. The minimum absolute atomic E-state index is 0.0922. The molecule has 0 unspecified atom stereocenters. The third-order valence-electron chi connectivity index (χ3n) is 4.64. The van der Waals surface area contributed by atoms with Gasteiger partial charge in [-0.3, -0.25) is 9.89 Å². The Morgan fingerprint density at radius 1 is 1.26 bits per heavy atom. The molecular weight excluding hydrogens is 310 g/mol. The maximum atomic E-state index is 12.9. The summed E-state index contributed by atoms with van der Waals surface area (Å²) in [5, 5.41) is 7.81. The van der Waals surface area contributed by atoms with Crippen molar-refractivity contribution in [2.75, 3.05) is 13.1 Å². The second-order valence-electron chi connectivity index (χ2n) is 6.30. The first-order chi connectivity index (χ1) is 11.1. The summed E-state index contributed by atoms with van der Waals surface area (Å²) in [6, 6.07) is 8.02. The van der Waals surface area contributed by atoms with Gasteiger partial charge in [-0.25, -0.2) is 0 Å². The number of halogens is 1. The largest absolute Gasteiger partial charge is 0.338 e. The minimum Gasteiger partial charge on any atom is -0.338 e. The first-order valence-electron chi connectivity index (χ1n) is 8.12. The molecule has 122 valence electrons. The quantitative estimate of drug-likeness (QED) is 0.901. The zero-order chi connectivity index (χ0) is 16.4. The summed E-state index contributed by atoms with van der Waals surface area (Å²) in [6.07, 6.45) is 3.29. The summed E-state index contributed by atoms with van der Waals surface area (Å²) in [6.45, 7) is 5.35. The number of aromatic nitrogens is 2. The number of aromatic amines is 1. The van der Waals surface area contributed by atoms with Crippen LogP contribution in [0.3, 0.4) is 0 Å². The molecule has 2 aromatic rings. The van der Waals surface area contributed by atoms with Crippen molar-refractivity contribution < 1.29 is 4.79 Å². The van der Waals surface area contributed by atoms with E-state index in [0.717, 1.165) is 54.3 Å². The number of nitrogens with zero attached hydrogens (tertiary/aromatic N) is 2. The van der Waals surface area contributed by atoms with Crippen molar-refractivity contribution in [3.63, 3.8) is 0 Å². The molecule has 1 fully saturated rings. The van der Waals surface area contributed by atoms with E-state index in [1.54, 1.807) is 0 Å². The van der Waals surface area contributed by atoms with E-state index < -0.39 is 0 Å². The van der Waals surface area contributed by atoms with Crippen LogP contribution in [0.15, 0.2) is 24.3 Å². The van der Waals surface area contributed by atoms with Crippen LogP contribution in [0.2, 0.25) is 5.02 Å². The van der Waals surface area contributed by atoms with Gasteiger partial charge in [0.05, 0.1) is 11.3 Å².